The Bertz CT molecular complexity index is 930. The summed E-state index contributed by atoms with van der Waals surface area (Å²) in [5.74, 6) is -0.966. The molecule has 124 valence electrons. The normalized spacial score (nSPS) is 10.9. The number of hydrogen-bond acceptors (Lipinski definition) is 4. The summed E-state index contributed by atoms with van der Waals surface area (Å²) in [4.78, 5) is 25.4. The fraction of sp³-hybridized carbons (Fsp3) is 0.200. The van der Waals surface area contributed by atoms with Crippen molar-refractivity contribution in [3.8, 4) is 0 Å². The molecule has 1 aromatic carbocycles. The molecule has 2 aromatic heterocycles. The Morgan fingerprint density at radius 3 is 3.00 bits per heavy atom. The third kappa shape index (κ3) is 2.83. The van der Waals surface area contributed by atoms with Gasteiger partial charge in [0.15, 0.2) is 0 Å². The largest absolute Gasteiger partial charge is 0.361 e. The summed E-state index contributed by atoms with van der Waals surface area (Å²) in [6.07, 6.45) is 2.20. The Balaban J connectivity index is 1.69. The molecule has 3 rings (SSSR count). The first kappa shape index (κ1) is 15.7. The first-order valence-electron chi connectivity index (χ1n) is 7.20. The number of H-pyrrole nitrogens is 2. The van der Waals surface area contributed by atoms with Crippen LogP contribution in [0.2, 0.25) is 0 Å². The molecule has 0 bridgehead atoms. The van der Waals surface area contributed by atoms with E-state index in [4.69, 9.17) is 0 Å². The highest BCUT2D eigenvalue weighted by Gasteiger charge is 2.26. The average molecular weight is 331 g/mol. The second kappa shape index (κ2) is 6.11. The van der Waals surface area contributed by atoms with Crippen LogP contribution in [0.4, 0.5) is 10.1 Å². The van der Waals surface area contributed by atoms with Crippen LogP contribution in [0.25, 0.3) is 10.9 Å². The highest BCUT2D eigenvalue weighted by atomic mass is 19.1. The number of nitrogens with zero attached hydrogens (tertiary/aromatic N) is 2. The van der Waals surface area contributed by atoms with Crippen molar-refractivity contribution < 1.29 is 14.1 Å². The van der Waals surface area contributed by atoms with Crippen molar-refractivity contribution in [1.29, 1.82) is 0 Å². The lowest BCUT2D eigenvalue weighted by molar-refractivity contribution is -0.385. The van der Waals surface area contributed by atoms with E-state index < -0.39 is 10.8 Å². The molecular formula is C15H14FN5O3. The molecule has 1 amide bonds. The van der Waals surface area contributed by atoms with Gasteiger partial charge in [0.05, 0.1) is 4.92 Å². The highest BCUT2D eigenvalue weighted by molar-refractivity contribution is 5.96. The van der Waals surface area contributed by atoms with E-state index in [1.807, 2.05) is 0 Å². The Hall–Kier alpha value is -3.23. The maximum Gasteiger partial charge on any atom is 0.322 e. The van der Waals surface area contributed by atoms with E-state index in [1.54, 1.807) is 12.3 Å². The molecular weight excluding hydrogens is 317 g/mol. The number of benzene rings is 1. The van der Waals surface area contributed by atoms with E-state index in [0.717, 1.165) is 16.5 Å². The lowest BCUT2D eigenvalue weighted by Crippen LogP contribution is -2.26. The van der Waals surface area contributed by atoms with Crippen LogP contribution in [0.5, 0.6) is 0 Å². The number of aromatic amines is 2. The van der Waals surface area contributed by atoms with Gasteiger partial charge in [-0.25, -0.2) is 4.39 Å². The number of halogens is 1. The van der Waals surface area contributed by atoms with Gasteiger partial charge in [0, 0.05) is 23.6 Å². The van der Waals surface area contributed by atoms with Crippen LogP contribution in [-0.4, -0.2) is 32.6 Å². The van der Waals surface area contributed by atoms with Gasteiger partial charge >= 0.3 is 5.69 Å². The number of amides is 1. The van der Waals surface area contributed by atoms with Crippen LogP contribution < -0.4 is 5.32 Å². The molecule has 9 heteroatoms. The van der Waals surface area contributed by atoms with Gasteiger partial charge in [-0.15, -0.1) is 0 Å². The molecule has 3 N–H and O–H groups in total. The van der Waals surface area contributed by atoms with Crippen molar-refractivity contribution >= 4 is 22.5 Å². The molecule has 0 aliphatic heterocycles. The molecule has 0 aliphatic rings. The molecule has 0 spiro atoms. The summed E-state index contributed by atoms with van der Waals surface area (Å²) in [5.41, 5.74) is 1.29. The maximum atomic E-state index is 13.3. The predicted octanol–water partition coefficient (Wildman–Crippen LogP) is 2.22. The van der Waals surface area contributed by atoms with Crippen LogP contribution in [-0.2, 0) is 6.42 Å². The van der Waals surface area contributed by atoms with Crippen molar-refractivity contribution in [2.75, 3.05) is 6.54 Å². The van der Waals surface area contributed by atoms with Crippen LogP contribution >= 0.6 is 0 Å². The lowest BCUT2D eigenvalue weighted by Gasteiger charge is -2.03. The van der Waals surface area contributed by atoms with E-state index in [2.05, 4.69) is 20.5 Å². The smallest absolute Gasteiger partial charge is 0.322 e. The van der Waals surface area contributed by atoms with Gasteiger partial charge in [0.1, 0.15) is 11.5 Å². The third-order valence-corrected chi connectivity index (χ3v) is 3.72. The summed E-state index contributed by atoms with van der Waals surface area (Å²) in [7, 11) is 0. The molecule has 0 saturated heterocycles. The van der Waals surface area contributed by atoms with Crippen molar-refractivity contribution in [3.63, 3.8) is 0 Å². The molecule has 0 aliphatic carbocycles. The zero-order valence-corrected chi connectivity index (χ0v) is 12.7. The van der Waals surface area contributed by atoms with Crippen LogP contribution in [0, 0.1) is 22.9 Å². The third-order valence-electron chi connectivity index (χ3n) is 3.72. The molecule has 0 fully saturated rings. The fourth-order valence-electron chi connectivity index (χ4n) is 2.56. The standard InChI is InChI=1S/C15H14FN5O3/c1-8-14(21(23)24)13(20-19-8)15(22)17-5-4-9-7-18-12-3-2-10(16)6-11(9)12/h2-3,6-7,18H,4-5H2,1H3,(H,17,22)(H,19,20). The summed E-state index contributed by atoms with van der Waals surface area (Å²) < 4.78 is 13.3. The predicted molar refractivity (Wildman–Crippen MR) is 84.3 cm³/mol. The van der Waals surface area contributed by atoms with Crippen molar-refractivity contribution in [2.45, 2.75) is 13.3 Å². The molecule has 24 heavy (non-hydrogen) atoms. The Morgan fingerprint density at radius 1 is 1.46 bits per heavy atom. The van der Waals surface area contributed by atoms with Crippen LogP contribution in [0.3, 0.4) is 0 Å². The van der Waals surface area contributed by atoms with Crippen LogP contribution in [0.1, 0.15) is 21.7 Å². The van der Waals surface area contributed by atoms with E-state index in [-0.39, 0.29) is 29.4 Å². The molecule has 0 atom stereocenters. The molecule has 0 unspecified atom stereocenters. The number of carbonyl (C=O) groups is 1. The Kier molecular flexibility index (Phi) is 3.98. The van der Waals surface area contributed by atoms with Gasteiger partial charge in [0.2, 0.25) is 5.69 Å². The summed E-state index contributed by atoms with van der Waals surface area (Å²) in [6.45, 7) is 1.72. The first-order chi connectivity index (χ1) is 11.5. The zero-order valence-electron chi connectivity index (χ0n) is 12.7. The molecule has 2 heterocycles. The number of nitro groups is 1. The molecule has 3 aromatic rings. The monoisotopic (exact) mass is 331 g/mol. The molecule has 0 radical (unpaired) electrons. The quantitative estimate of drug-likeness (QED) is 0.491. The van der Waals surface area contributed by atoms with Gasteiger partial charge in [-0.2, -0.15) is 5.10 Å². The van der Waals surface area contributed by atoms with E-state index in [1.165, 1.54) is 19.1 Å². The number of hydrogen-bond donors (Lipinski definition) is 3. The number of rotatable bonds is 5. The number of carbonyl (C=O) groups excluding carboxylic acids is 1. The summed E-state index contributed by atoms with van der Waals surface area (Å²) in [6, 6.07) is 4.43. The minimum absolute atomic E-state index is 0.220. The zero-order chi connectivity index (χ0) is 17.3. The Morgan fingerprint density at radius 2 is 2.25 bits per heavy atom. The second-order valence-electron chi connectivity index (χ2n) is 5.31. The van der Waals surface area contributed by atoms with Crippen molar-refractivity contribution in [1.82, 2.24) is 20.5 Å². The molecule has 0 saturated carbocycles. The number of nitrogens with one attached hydrogen (secondary N) is 3. The highest BCUT2D eigenvalue weighted by Crippen LogP contribution is 2.21. The second-order valence-corrected chi connectivity index (χ2v) is 5.31. The fourth-order valence-corrected chi connectivity index (χ4v) is 2.56. The van der Waals surface area contributed by atoms with E-state index in [9.17, 15) is 19.3 Å². The van der Waals surface area contributed by atoms with Gasteiger partial charge in [0.25, 0.3) is 5.91 Å². The minimum atomic E-state index is -0.643. The van der Waals surface area contributed by atoms with E-state index >= 15 is 0 Å². The number of aryl methyl sites for hydroxylation is 1. The molecule has 8 nitrogen and oxygen atoms in total. The minimum Gasteiger partial charge on any atom is -0.361 e. The topological polar surface area (TPSA) is 117 Å². The van der Waals surface area contributed by atoms with Gasteiger partial charge in [-0.05, 0) is 37.1 Å². The summed E-state index contributed by atoms with van der Waals surface area (Å²) in [5, 5.41) is 20.4. The summed E-state index contributed by atoms with van der Waals surface area (Å²) >= 11 is 0. The van der Waals surface area contributed by atoms with Crippen molar-refractivity contribution in [2.24, 2.45) is 0 Å². The van der Waals surface area contributed by atoms with E-state index in [0.29, 0.717) is 6.42 Å². The van der Waals surface area contributed by atoms with Gasteiger partial charge in [-0.3, -0.25) is 20.0 Å². The number of aromatic nitrogens is 3. The van der Waals surface area contributed by atoms with Gasteiger partial charge in [-0.1, -0.05) is 0 Å². The van der Waals surface area contributed by atoms with Crippen LogP contribution in [0.15, 0.2) is 24.4 Å². The Labute approximate surface area is 135 Å². The first-order valence-corrected chi connectivity index (χ1v) is 7.20. The van der Waals surface area contributed by atoms with Crippen molar-refractivity contribution in [3.05, 3.63) is 57.3 Å². The maximum absolute atomic E-state index is 13.3. The SMILES string of the molecule is Cc1[nH]nc(C(=O)NCCc2c[nH]c3ccc(F)cc23)c1[N+](=O)[O-]. The average Bonchev–Trinajstić information content (AvgIpc) is 3.11. The lowest BCUT2D eigenvalue weighted by atomic mass is 10.1. The van der Waals surface area contributed by atoms with Gasteiger partial charge < -0.3 is 10.3 Å². The number of fused-ring (bicyclic) bond motifs is 1.